The first-order valence-corrected chi connectivity index (χ1v) is 7.55. The van der Waals surface area contributed by atoms with Crippen molar-refractivity contribution in [2.45, 2.75) is 25.8 Å². The first kappa shape index (κ1) is 12.7. The lowest BCUT2D eigenvalue weighted by Gasteiger charge is -2.09. The molecule has 0 unspecified atom stereocenters. The number of nitrogen functional groups attached to an aromatic ring is 1. The van der Waals surface area contributed by atoms with Gasteiger partial charge in [-0.05, 0) is 55.7 Å². The second-order valence-corrected chi connectivity index (χ2v) is 6.18. The first-order chi connectivity index (χ1) is 10.1. The van der Waals surface area contributed by atoms with Gasteiger partial charge in [0.2, 0.25) is 0 Å². The Labute approximate surface area is 128 Å². The van der Waals surface area contributed by atoms with Crippen LogP contribution in [0.2, 0.25) is 5.02 Å². The number of benzene rings is 2. The van der Waals surface area contributed by atoms with Gasteiger partial charge >= 0.3 is 0 Å². The van der Waals surface area contributed by atoms with Gasteiger partial charge in [-0.2, -0.15) is 0 Å². The molecule has 3 nitrogen and oxygen atoms in total. The normalized spacial score (nSPS) is 14.8. The molecule has 3 aromatic rings. The molecule has 2 aromatic carbocycles. The summed E-state index contributed by atoms with van der Waals surface area (Å²) in [4.78, 5) is 4.83. The first-order valence-electron chi connectivity index (χ1n) is 7.17. The summed E-state index contributed by atoms with van der Waals surface area (Å²) in [6.45, 7) is 2.09. The maximum absolute atomic E-state index is 6.38. The highest BCUT2D eigenvalue weighted by atomic mass is 35.5. The van der Waals surface area contributed by atoms with E-state index in [2.05, 4.69) is 29.7 Å². The molecule has 0 amide bonds. The van der Waals surface area contributed by atoms with Gasteiger partial charge in [0.05, 0.1) is 16.1 Å². The molecule has 0 spiro atoms. The number of aromatic nitrogens is 2. The van der Waals surface area contributed by atoms with Crippen LogP contribution in [0, 0.1) is 6.92 Å². The molecule has 2 N–H and O–H groups in total. The van der Waals surface area contributed by atoms with Crippen molar-refractivity contribution in [3.63, 3.8) is 0 Å². The van der Waals surface area contributed by atoms with Gasteiger partial charge in [0.25, 0.3) is 0 Å². The van der Waals surface area contributed by atoms with Gasteiger partial charge < -0.3 is 10.3 Å². The Morgan fingerprint density at radius 2 is 2.00 bits per heavy atom. The van der Waals surface area contributed by atoms with Crippen LogP contribution in [0.4, 0.5) is 5.69 Å². The standard InChI is InChI=1S/C17H16ClN3/c1-10-2-7-16-15(8-10)20-17(21(16)12-4-5-12)13-9-11(19)3-6-14(13)18/h2-3,6-9,12H,4-5,19H2,1H3. The zero-order valence-electron chi connectivity index (χ0n) is 11.8. The highest BCUT2D eigenvalue weighted by molar-refractivity contribution is 6.33. The lowest BCUT2D eigenvalue weighted by atomic mass is 10.2. The Balaban J connectivity index is 2.03. The molecule has 0 bridgehead atoms. The molecule has 21 heavy (non-hydrogen) atoms. The molecule has 1 aliphatic rings. The fraction of sp³-hybridized carbons (Fsp3) is 0.235. The zero-order valence-corrected chi connectivity index (χ0v) is 12.6. The molecule has 4 heteroatoms. The minimum atomic E-state index is 0.533. The van der Waals surface area contributed by atoms with Crippen LogP contribution in [-0.4, -0.2) is 9.55 Å². The molecule has 1 saturated carbocycles. The summed E-state index contributed by atoms with van der Waals surface area (Å²) in [5.41, 5.74) is 11.0. The van der Waals surface area contributed by atoms with Gasteiger partial charge in [-0.1, -0.05) is 17.7 Å². The van der Waals surface area contributed by atoms with Gasteiger partial charge in [-0.3, -0.25) is 0 Å². The summed E-state index contributed by atoms with van der Waals surface area (Å²) in [5.74, 6) is 0.926. The highest BCUT2D eigenvalue weighted by Crippen LogP contribution is 2.42. The van der Waals surface area contributed by atoms with E-state index < -0.39 is 0 Å². The van der Waals surface area contributed by atoms with Crippen LogP contribution in [0.1, 0.15) is 24.4 Å². The van der Waals surface area contributed by atoms with E-state index in [0.29, 0.717) is 16.8 Å². The second-order valence-electron chi connectivity index (χ2n) is 5.77. The predicted octanol–water partition coefficient (Wildman–Crippen LogP) is 4.58. The van der Waals surface area contributed by atoms with E-state index in [4.69, 9.17) is 22.3 Å². The molecule has 1 aliphatic carbocycles. The van der Waals surface area contributed by atoms with E-state index in [0.717, 1.165) is 16.9 Å². The van der Waals surface area contributed by atoms with Crippen LogP contribution in [0.25, 0.3) is 22.4 Å². The second kappa shape index (κ2) is 4.50. The Morgan fingerprint density at radius 1 is 1.19 bits per heavy atom. The van der Waals surface area contributed by atoms with Crippen LogP contribution >= 0.6 is 11.6 Å². The highest BCUT2D eigenvalue weighted by Gasteiger charge is 2.29. The van der Waals surface area contributed by atoms with Crippen molar-refractivity contribution < 1.29 is 0 Å². The van der Waals surface area contributed by atoms with E-state index in [1.165, 1.54) is 23.9 Å². The van der Waals surface area contributed by atoms with Crippen molar-refractivity contribution in [1.82, 2.24) is 9.55 Å². The number of hydrogen-bond donors (Lipinski definition) is 1. The Hall–Kier alpha value is -2.00. The van der Waals surface area contributed by atoms with Crippen LogP contribution < -0.4 is 5.73 Å². The third-order valence-corrected chi connectivity index (χ3v) is 4.32. The SMILES string of the molecule is Cc1ccc2c(c1)nc(-c1cc(N)ccc1Cl)n2C1CC1. The van der Waals surface area contributed by atoms with Crippen molar-refractivity contribution in [2.24, 2.45) is 0 Å². The number of fused-ring (bicyclic) bond motifs is 1. The minimum Gasteiger partial charge on any atom is -0.399 e. The van der Waals surface area contributed by atoms with E-state index >= 15 is 0 Å². The molecule has 1 heterocycles. The molecule has 0 radical (unpaired) electrons. The zero-order chi connectivity index (χ0) is 14.6. The molecule has 4 rings (SSSR count). The number of rotatable bonds is 2. The van der Waals surface area contributed by atoms with E-state index in [-0.39, 0.29) is 0 Å². The lowest BCUT2D eigenvalue weighted by Crippen LogP contribution is -1.98. The lowest BCUT2D eigenvalue weighted by molar-refractivity contribution is 0.775. The molecular formula is C17H16ClN3. The maximum atomic E-state index is 6.38. The molecule has 106 valence electrons. The topological polar surface area (TPSA) is 43.8 Å². The van der Waals surface area contributed by atoms with Gasteiger partial charge in [-0.15, -0.1) is 0 Å². The molecule has 1 aromatic heterocycles. The number of hydrogen-bond acceptors (Lipinski definition) is 2. The molecule has 0 aliphatic heterocycles. The van der Waals surface area contributed by atoms with Crippen molar-refractivity contribution in [1.29, 1.82) is 0 Å². The monoisotopic (exact) mass is 297 g/mol. The van der Waals surface area contributed by atoms with Crippen molar-refractivity contribution in [2.75, 3.05) is 5.73 Å². The summed E-state index contributed by atoms with van der Waals surface area (Å²) in [5, 5.41) is 0.693. The third-order valence-electron chi connectivity index (χ3n) is 3.99. The predicted molar refractivity (Wildman–Crippen MR) is 87.6 cm³/mol. The summed E-state index contributed by atoms with van der Waals surface area (Å²) in [6.07, 6.45) is 2.40. The van der Waals surface area contributed by atoms with Crippen LogP contribution in [0.15, 0.2) is 36.4 Å². The number of imidazole rings is 1. The summed E-state index contributed by atoms with van der Waals surface area (Å²) < 4.78 is 2.31. The van der Waals surface area contributed by atoms with Gasteiger partial charge in [0.1, 0.15) is 5.82 Å². The average Bonchev–Trinajstić information content (AvgIpc) is 3.22. The van der Waals surface area contributed by atoms with E-state index in [1.807, 2.05) is 18.2 Å². The Morgan fingerprint density at radius 3 is 2.76 bits per heavy atom. The number of nitrogens with two attached hydrogens (primary N) is 1. The maximum Gasteiger partial charge on any atom is 0.142 e. The van der Waals surface area contributed by atoms with Crippen molar-refractivity contribution >= 4 is 28.3 Å². The van der Waals surface area contributed by atoms with Gasteiger partial charge in [0.15, 0.2) is 0 Å². The van der Waals surface area contributed by atoms with Crippen molar-refractivity contribution in [3.05, 3.63) is 47.0 Å². The quantitative estimate of drug-likeness (QED) is 0.703. The van der Waals surface area contributed by atoms with Gasteiger partial charge in [0, 0.05) is 17.3 Å². The smallest absolute Gasteiger partial charge is 0.142 e. The van der Waals surface area contributed by atoms with E-state index in [1.54, 1.807) is 0 Å². The average molecular weight is 298 g/mol. The van der Waals surface area contributed by atoms with Gasteiger partial charge in [-0.25, -0.2) is 4.98 Å². The molecule has 1 fully saturated rings. The fourth-order valence-corrected chi connectivity index (χ4v) is 3.02. The van der Waals surface area contributed by atoms with E-state index in [9.17, 15) is 0 Å². The van der Waals surface area contributed by atoms with Crippen LogP contribution in [0.3, 0.4) is 0 Å². The Kier molecular flexibility index (Phi) is 2.73. The molecular weight excluding hydrogens is 282 g/mol. The summed E-state index contributed by atoms with van der Waals surface area (Å²) in [7, 11) is 0. The van der Waals surface area contributed by atoms with Crippen LogP contribution in [0.5, 0.6) is 0 Å². The largest absolute Gasteiger partial charge is 0.399 e. The fourth-order valence-electron chi connectivity index (χ4n) is 2.82. The number of nitrogens with zero attached hydrogens (tertiary/aromatic N) is 2. The number of aryl methyl sites for hydroxylation is 1. The summed E-state index contributed by atoms with van der Waals surface area (Å²) >= 11 is 6.38. The molecule has 0 saturated heterocycles. The number of halogens is 1. The number of anilines is 1. The third kappa shape index (κ3) is 2.09. The summed E-state index contributed by atoms with van der Waals surface area (Å²) in [6, 6.07) is 12.5. The minimum absolute atomic E-state index is 0.533. The van der Waals surface area contributed by atoms with Crippen molar-refractivity contribution in [3.8, 4) is 11.4 Å². The van der Waals surface area contributed by atoms with Crippen LogP contribution in [-0.2, 0) is 0 Å². The molecule has 0 atom stereocenters. The Bertz CT molecular complexity index is 847.